The molecule has 3 aromatic rings. The van der Waals surface area contributed by atoms with E-state index in [2.05, 4.69) is 4.98 Å². The van der Waals surface area contributed by atoms with Crippen molar-refractivity contribution in [2.75, 3.05) is 13.1 Å². The Bertz CT molecular complexity index is 1260. The van der Waals surface area contributed by atoms with E-state index in [1.54, 1.807) is 24.5 Å². The van der Waals surface area contributed by atoms with Gasteiger partial charge in [0, 0.05) is 25.5 Å². The topological polar surface area (TPSA) is 90.7 Å². The smallest absolute Gasteiger partial charge is 0.198 e. The molecule has 2 aromatic carbocycles. The summed E-state index contributed by atoms with van der Waals surface area (Å²) in [6, 6.07) is 18.2. The molecule has 0 radical (unpaired) electrons. The van der Waals surface area contributed by atoms with Gasteiger partial charge in [-0.2, -0.15) is 5.26 Å². The van der Waals surface area contributed by atoms with Crippen LogP contribution in [0.3, 0.4) is 0 Å². The summed E-state index contributed by atoms with van der Waals surface area (Å²) in [5.41, 5.74) is 8.89. The highest BCUT2D eigenvalue weighted by Gasteiger charge is 2.49. The maximum absolute atomic E-state index is 13.8. The largest absolute Gasteiger partial charge is 0.369 e. The molecule has 31 heavy (non-hydrogen) atoms. The van der Waals surface area contributed by atoms with Gasteiger partial charge in [-0.05, 0) is 59.0 Å². The molecule has 0 spiro atoms. The van der Waals surface area contributed by atoms with Crippen molar-refractivity contribution in [1.29, 1.82) is 5.26 Å². The first kappa shape index (κ1) is 18.9. The average molecular weight is 410 g/mol. The van der Waals surface area contributed by atoms with Crippen LogP contribution in [0.2, 0.25) is 0 Å². The van der Waals surface area contributed by atoms with Crippen LogP contribution in [0, 0.1) is 17.1 Å². The lowest BCUT2D eigenvalue weighted by atomic mass is 9.81. The zero-order chi connectivity index (χ0) is 21.4. The second-order valence-electron chi connectivity index (χ2n) is 7.51. The van der Waals surface area contributed by atoms with E-state index >= 15 is 0 Å². The molecule has 2 aliphatic heterocycles. The van der Waals surface area contributed by atoms with Gasteiger partial charge in [0.2, 0.25) is 0 Å². The van der Waals surface area contributed by atoms with Crippen LogP contribution in [0.5, 0.6) is 0 Å². The van der Waals surface area contributed by atoms with Gasteiger partial charge in [0.05, 0.1) is 5.56 Å². The van der Waals surface area contributed by atoms with E-state index in [1.165, 1.54) is 6.07 Å². The van der Waals surface area contributed by atoms with Gasteiger partial charge >= 0.3 is 0 Å². The first-order valence-corrected chi connectivity index (χ1v) is 10.0. The van der Waals surface area contributed by atoms with Crippen molar-refractivity contribution in [1.82, 2.24) is 9.88 Å². The summed E-state index contributed by atoms with van der Waals surface area (Å²) >= 11 is 0. The SMILES string of the molecule is N#Cc1cc(-c2cccc(C3(c4ccncc4)N=C(N)N4CCCN=C43)c2)ccc1F. The second-order valence-corrected chi connectivity index (χ2v) is 7.51. The first-order valence-electron chi connectivity index (χ1n) is 10.0. The predicted octanol–water partition coefficient (Wildman–Crippen LogP) is 3.44. The second kappa shape index (κ2) is 7.33. The summed E-state index contributed by atoms with van der Waals surface area (Å²) < 4.78 is 13.8. The lowest BCUT2D eigenvalue weighted by Gasteiger charge is -2.33. The van der Waals surface area contributed by atoms with Crippen molar-refractivity contribution in [2.45, 2.75) is 12.0 Å². The number of halogens is 1. The van der Waals surface area contributed by atoms with Gasteiger partial charge in [0.15, 0.2) is 11.5 Å². The number of nitrogens with two attached hydrogens (primary N) is 1. The normalized spacial score (nSPS) is 19.9. The Hall–Kier alpha value is -4.05. The molecule has 1 aromatic heterocycles. The van der Waals surface area contributed by atoms with Crippen molar-refractivity contribution >= 4 is 11.8 Å². The molecule has 0 fully saturated rings. The molecule has 1 unspecified atom stereocenters. The fraction of sp³-hybridized carbons (Fsp3) is 0.167. The predicted molar refractivity (Wildman–Crippen MR) is 117 cm³/mol. The lowest BCUT2D eigenvalue weighted by molar-refractivity contribution is 0.531. The highest BCUT2D eigenvalue weighted by molar-refractivity contribution is 6.12. The number of nitrogens with zero attached hydrogens (tertiary/aromatic N) is 5. The number of hydrogen-bond donors (Lipinski definition) is 1. The number of rotatable bonds is 3. The maximum Gasteiger partial charge on any atom is 0.198 e. The Balaban J connectivity index is 1.72. The van der Waals surface area contributed by atoms with Gasteiger partial charge in [-0.1, -0.05) is 24.3 Å². The highest BCUT2D eigenvalue weighted by atomic mass is 19.1. The molecule has 5 rings (SSSR count). The number of pyridine rings is 1. The van der Waals surface area contributed by atoms with Crippen molar-refractivity contribution < 1.29 is 4.39 Å². The molecule has 0 saturated heterocycles. The van der Waals surface area contributed by atoms with Crippen LogP contribution in [-0.4, -0.2) is 34.8 Å². The van der Waals surface area contributed by atoms with Crippen LogP contribution < -0.4 is 5.73 Å². The monoisotopic (exact) mass is 410 g/mol. The standard InChI is InChI=1S/C24H19FN6/c25-21-6-5-17(13-18(21)15-26)16-3-1-4-20(14-16)24(19-7-10-28-11-8-19)22-29-9-2-12-31(22)23(27)30-24/h1,3-8,10-11,13-14H,2,9,12H2,(H2,27,30). The van der Waals surface area contributed by atoms with E-state index in [0.717, 1.165) is 41.1 Å². The minimum Gasteiger partial charge on any atom is -0.369 e. The number of nitriles is 1. The molecule has 2 N–H and O–H groups in total. The number of guanidine groups is 1. The highest BCUT2D eigenvalue weighted by Crippen LogP contribution is 2.42. The zero-order valence-corrected chi connectivity index (χ0v) is 16.7. The number of hydrogen-bond acceptors (Lipinski definition) is 6. The van der Waals surface area contributed by atoms with Crippen LogP contribution in [0.4, 0.5) is 4.39 Å². The van der Waals surface area contributed by atoms with Crippen molar-refractivity contribution in [3.8, 4) is 17.2 Å². The fourth-order valence-corrected chi connectivity index (χ4v) is 4.28. The molecular weight excluding hydrogens is 391 g/mol. The van der Waals surface area contributed by atoms with E-state index in [4.69, 9.17) is 15.7 Å². The first-order chi connectivity index (χ1) is 15.1. The van der Waals surface area contributed by atoms with Crippen LogP contribution in [0.1, 0.15) is 23.1 Å². The third-order valence-electron chi connectivity index (χ3n) is 5.74. The Morgan fingerprint density at radius 1 is 1.03 bits per heavy atom. The van der Waals surface area contributed by atoms with Crippen molar-refractivity contribution in [2.24, 2.45) is 15.7 Å². The molecule has 6 nitrogen and oxygen atoms in total. The minimum atomic E-state index is -0.887. The summed E-state index contributed by atoms with van der Waals surface area (Å²) in [5, 5.41) is 9.22. The molecule has 152 valence electrons. The van der Waals surface area contributed by atoms with E-state index < -0.39 is 11.4 Å². The van der Waals surface area contributed by atoms with Gasteiger partial charge in [-0.25, -0.2) is 9.38 Å². The van der Waals surface area contributed by atoms with Gasteiger partial charge in [-0.3, -0.25) is 14.9 Å². The number of aromatic nitrogens is 1. The molecule has 2 aliphatic rings. The summed E-state index contributed by atoms with van der Waals surface area (Å²) in [6.07, 6.45) is 4.38. The van der Waals surface area contributed by atoms with Gasteiger partial charge in [-0.15, -0.1) is 0 Å². The van der Waals surface area contributed by atoms with E-state index in [1.807, 2.05) is 47.4 Å². The van der Waals surface area contributed by atoms with Gasteiger partial charge < -0.3 is 5.73 Å². The van der Waals surface area contributed by atoms with Crippen molar-refractivity contribution in [3.63, 3.8) is 0 Å². The van der Waals surface area contributed by atoms with Crippen LogP contribution in [0.15, 0.2) is 77.0 Å². The number of amidine groups is 1. The molecule has 0 amide bonds. The molecule has 0 bridgehead atoms. The van der Waals surface area contributed by atoms with Crippen LogP contribution in [0.25, 0.3) is 11.1 Å². The van der Waals surface area contributed by atoms with Gasteiger partial charge in [0.25, 0.3) is 0 Å². The maximum atomic E-state index is 13.8. The number of benzene rings is 2. The molecule has 7 heteroatoms. The quantitative estimate of drug-likeness (QED) is 0.716. The number of aliphatic imine (C=N–C) groups is 2. The summed E-state index contributed by atoms with van der Waals surface area (Å²) in [5.74, 6) is 0.710. The summed E-state index contributed by atoms with van der Waals surface area (Å²) in [4.78, 5) is 15.9. The Labute approximate surface area is 179 Å². The third kappa shape index (κ3) is 2.96. The van der Waals surface area contributed by atoms with Crippen LogP contribution >= 0.6 is 0 Å². The average Bonchev–Trinajstić information content (AvgIpc) is 3.14. The summed E-state index contributed by atoms with van der Waals surface area (Å²) in [7, 11) is 0. The molecule has 1 atom stereocenters. The molecule has 0 saturated carbocycles. The van der Waals surface area contributed by atoms with Crippen molar-refractivity contribution in [3.05, 3.63) is 89.5 Å². The third-order valence-corrected chi connectivity index (χ3v) is 5.74. The Kier molecular flexibility index (Phi) is 4.48. The zero-order valence-electron chi connectivity index (χ0n) is 16.7. The fourth-order valence-electron chi connectivity index (χ4n) is 4.28. The van der Waals surface area contributed by atoms with E-state index in [-0.39, 0.29) is 5.56 Å². The molecule has 0 aliphatic carbocycles. The molecule has 3 heterocycles. The Morgan fingerprint density at radius 3 is 2.65 bits per heavy atom. The van der Waals surface area contributed by atoms with Crippen LogP contribution in [-0.2, 0) is 5.54 Å². The van der Waals surface area contributed by atoms with E-state index in [0.29, 0.717) is 12.5 Å². The number of fused-ring (bicyclic) bond motifs is 1. The molecular formula is C24H19FN6. The Morgan fingerprint density at radius 2 is 1.84 bits per heavy atom. The van der Waals surface area contributed by atoms with Gasteiger partial charge in [0.1, 0.15) is 17.7 Å². The summed E-state index contributed by atoms with van der Waals surface area (Å²) in [6.45, 7) is 1.48. The lowest BCUT2D eigenvalue weighted by Crippen LogP contribution is -2.46. The van der Waals surface area contributed by atoms with E-state index in [9.17, 15) is 9.65 Å². The minimum absolute atomic E-state index is 0.0118.